The molecule has 1 fully saturated rings. The van der Waals surface area contributed by atoms with Crippen LogP contribution in [0.25, 0.3) is 11.3 Å². The first-order chi connectivity index (χ1) is 15.2. The predicted molar refractivity (Wildman–Crippen MR) is 110 cm³/mol. The van der Waals surface area contributed by atoms with E-state index in [2.05, 4.69) is 4.18 Å². The number of alkyl halides is 3. The molecule has 4 rings (SSSR count). The fourth-order valence-corrected chi connectivity index (χ4v) is 4.87. The minimum atomic E-state index is -5.95. The average molecular weight is 488 g/mol. The Balaban J connectivity index is 1.99. The largest absolute Gasteiger partial charge is 0.534 e. The third-order valence-electron chi connectivity index (χ3n) is 5.89. The van der Waals surface area contributed by atoms with Gasteiger partial charge in [-0.2, -0.15) is 21.6 Å². The van der Waals surface area contributed by atoms with Crippen LogP contribution in [0.5, 0.6) is 11.5 Å². The molecule has 0 aliphatic carbocycles. The lowest BCUT2D eigenvalue weighted by Crippen LogP contribution is -2.50. The molecular formula is C20H19F3N2O7S. The van der Waals surface area contributed by atoms with Crippen LogP contribution < -0.4 is 19.4 Å². The van der Waals surface area contributed by atoms with E-state index in [9.17, 15) is 36.3 Å². The van der Waals surface area contributed by atoms with E-state index in [0.717, 1.165) is 19.2 Å². The van der Waals surface area contributed by atoms with Crippen molar-refractivity contribution in [2.24, 2.45) is 0 Å². The fourth-order valence-electron chi connectivity index (χ4n) is 4.40. The number of carboxylic acid groups (broad SMARTS) is 1. The zero-order valence-corrected chi connectivity index (χ0v) is 18.5. The summed E-state index contributed by atoms with van der Waals surface area (Å²) in [6.07, 6.45) is 2.38. The van der Waals surface area contributed by atoms with Crippen molar-refractivity contribution in [1.29, 1.82) is 0 Å². The van der Waals surface area contributed by atoms with Crippen LogP contribution in [-0.2, 0) is 10.1 Å². The van der Waals surface area contributed by atoms with Gasteiger partial charge in [-0.15, -0.1) is 0 Å². The first kappa shape index (κ1) is 23.0. The highest BCUT2D eigenvalue weighted by Crippen LogP contribution is 2.50. The van der Waals surface area contributed by atoms with Gasteiger partial charge < -0.3 is 14.0 Å². The smallest absolute Gasteiger partial charge is 0.493 e. The summed E-state index contributed by atoms with van der Waals surface area (Å²) in [7, 11) is -4.82. The van der Waals surface area contributed by atoms with Crippen molar-refractivity contribution in [2.75, 3.05) is 12.1 Å². The van der Waals surface area contributed by atoms with Crippen molar-refractivity contribution in [1.82, 2.24) is 4.68 Å². The van der Waals surface area contributed by atoms with Crippen LogP contribution in [0.4, 0.5) is 13.2 Å². The second kappa shape index (κ2) is 7.14. The van der Waals surface area contributed by atoms with Gasteiger partial charge in [0.1, 0.15) is 5.56 Å². The van der Waals surface area contributed by atoms with Gasteiger partial charge in [0.2, 0.25) is 0 Å². The Hall–Kier alpha value is -3.22. The molecule has 2 aromatic rings. The van der Waals surface area contributed by atoms with Gasteiger partial charge in [0.15, 0.2) is 16.9 Å². The number of pyridine rings is 1. The number of benzene rings is 1. The van der Waals surface area contributed by atoms with Gasteiger partial charge in [0, 0.05) is 17.8 Å². The van der Waals surface area contributed by atoms with E-state index in [1.807, 2.05) is 18.9 Å². The number of fused-ring (bicyclic) bond motifs is 6. The maximum atomic E-state index is 12.9. The Morgan fingerprint density at radius 3 is 2.45 bits per heavy atom. The second-order valence-electron chi connectivity index (χ2n) is 8.37. The number of hydrogen-bond donors (Lipinski definition) is 1. The topological polar surface area (TPSA) is 115 Å². The summed E-state index contributed by atoms with van der Waals surface area (Å²) in [6.45, 7) is 3.80. The van der Waals surface area contributed by atoms with Gasteiger partial charge in [0.05, 0.1) is 24.4 Å². The first-order valence-electron chi connectivity index (χ1n) is 9.70. The fraction of sp³-hybridized carbons (Fsp3) is 0.400. The molecule has 0 bridgehead atoms. The van der Waals surface area contributed by atoms with E-state index in [1.165, 1.54) is 12.3 Å². The van der Waals surface area contributed by atoms with E-state index in [0.29, 0.717) is 24.0 Å². The Morgan fingerprint density at radius 1 is 1.21 bits per heavy atom. The zero-order chi connectivity index (χ0) is 24.5. The molecule has 1 atom stereocenters. The summed E-state index contributed by atoms with van der Waals surface area (Å²) in [6, 6.07) is 3.12. The summed E-state index contributed by atoms with van der Waals surface area (Å²) in [4.78, 5) is 24.0. The molecule has 1 aromatic carbocycles. The maximum Gasteiger partial charge on any atom is 0.534 e. The first-order valence-corrected chi connectivity index (χ1v) is 11.1. The summed E-state index contributed by atoms with van der Waals surface area (Å²) in [5.41, 5.74) is -6.24. The van der Waals surface area contributed by atoms with Crippen LogP contribution >= 0.6 is 0 Å². The number of rotatable bonds is 4. The van der Waals surface area contributed by atoms with Crippen molar-refractivity contribution in [2.45, 2.75) is 43.8 Å². The van der Waals surface area contributed by atoms with Gasteiger partial charge in [-0.1, -0.05) is 0 Å². The number of ether oxygens (including phenoxy) is 1. The Labute approximate surface area is 186 Å². The number of aromatic nitrogens is 1. The molecule has 2 aliphatic heterocycles. The maximum absolute atomic E-state index is 12.9. The number of aromatic carboxylic acids is 1. The summed E-state index contributed by atoms with van der Waals surface area (Å²) in [5.74, 6) is -2.34. The highest BCUT2D eigenvalue weighted by Gasteiger charge is 2.50. The van der Waals surface area contributed by atoms with E-state index in [1.54, 1.807) is 4.68 Å². The van der Waals surface area contributed by atoms with E-state index < -0.39 is 49.9 Å². The van der Waals surface area contributed by atoms with E-state index in [-0.39, 0.29) is 11.4 Å². The van der Waals surface area contributed by atoms with Gasteiger partial charge >= 0.3 is 21.6 Å². The van der Waals surface area contributed by atoms with Gasteiger partial charge in [0.25, 0.3) is 0 Å². The predicted octanol–water partition coefficient (Wildman–Crippen LogP) is 3.02. The number of halogens is 3. The Kier molecular flexibility index (Phi) is 4.97. The standard InChI is InChI=1S/C20H19F3N2O7S/c1-19(2)5-4-13-10-7-17(32-33(29,30)20(21,22)23)16(31-3)6-11(10)14-8-15(26)12(18(27)28)9-24(14)25(13)19/h6-9,13H,4-5H2,1-3H3,(H,27,28)/t13-/m1/s1. The molecule has 0 saturated carbocycles. The van der Waals surface area contributed by atoms with Crippen molar-refractivity contribution >= 4 is 16.1 Å². The summed E-state index contributed by atoms with van der Waals surface area (Å²) >= 11 is 0. The van der Waals surface area contributed by atoms with Crippen LogP contribution in [0.1, 0.15) is 48.7 Å². The van der Waals surface area contributed by atoms with Crippen molar-refractivity contribution in [3.63, 3.8) is 0 Å². The average Bonchev–Trinajstić information content (AvgIpc) is 3.01. The molecule has 1 N–H and O–H groups in total. The minimum absolute atomic E-state index is 0.287. The summed E-state index contributed by atoms with van der Waals surface area (Å²) in [5, 5.41) is 11.2. The lowest BCUT2D eigenvalue weighted by molar-refractivity contribution is -0.0500. The zero-order valence-electron chi connectivity index (χ0n) is 17.6. The van der Waals surface area contributed by atoms with E-state index in [4.69, 9.17) is 4.74 Å². The highest BCUT2D eigenvalue weighted by molar-refractivity contribution is 7.88. The quantitative estimate of drug-likeness (QED) is 0.516. The molecule has 3 heterocycles. The molecule has 0 radical (unpaired) electrons. The van der Waals surface area contributed by atoms with Gasteiger partial charge in [-0.3, -0.25) is 14.5 Å². The third kappa shape index (κ3) is 3.50. The Bertz CT molecular complexity index is 1330. The molecule has 33 heavy (non-hydrogen) atoms. The SMILES string of the molecule is COc1cc2c(cc1OS(=O)(=O)C(F)(F)F)[C@H]1CCC(C)(C)N1n1cc(C(=O)O)c(=O)cc1-2. The molecule has 1 aromatic heterocycles. The third-order valence-corrected chi connectivity index (χ3v) is 6.86. The number of carbonyl (C=O) groups is 1. The lowest BCUT2D eigenvalue weighted by atomic mass is 9.93. The van der Waals surface area contributed by atoms with Crippen LogP contribution in [-0.4, -0.2) is 42.3 Å². The van der Waals surface area contributed by atoms with Gasteiger partial charge in [-0.05, 0) is 44.4 Å². The monoisotopic (exact) mass is 488 g/mol. The van der Waals surface area contributed by atoms with Crippen LogP contribution in [0.3, 0.4) is 0 Å². The normalized spacial score (nSPS) is 18.8. The highest BCUT2D eigenvalue weighted by atomic mass is 32.2. The molecular weight excluding hydrogens is 469 g/mol. The van der Waals surface area contributed by atoms with E-state index >= 15 is 0 Å². The number of hydrogen-bond acceptors (Lipinski definition) is 7. The molecule has 178 valence electrons. The molecule has 13 heteroatoms. The number of carboxylic acids is 1. The van der Waals surface area contributed by atoms with Crippen molar-refractivity contribution < 1.29 is 40.4 Å². The van der Waals surface area contributed by atoms with Gasteiger partial charge in [-0.25, -0.2) is 4.79 Å². The van der Waals surface area contributed by atoms with Crippen LogP contribution in [0.15, 0.2) is 29.2 Å². The lowest BCUT2D eigenvalue weighted by Gasteiger charge is -2.44. The molecule has 2 aliphatic rings. The van der Waals surface area contributed by atoms with Crippen molar-refractivity contribution in [3.05, 3.63) is 45.7 Å². The van der Waals surface area contributed by atoms with Crippen LogP contribution in [0.2, 0.25) is 0 Å². The Morgan fingerprint density at radius 2 is 1.88 bits per heavy atom. The second-order valence-corrected chi connectivity index (χ2v) is 9.91. The number of nitrogens with zero attached hydrogens (tertiary/aromatic N) is 2. The molecule has 0 amide bonds. The van der Waals surface area contributed by atoms with Crippen molar-refractivity contribution in [3.8, 4) is 22.8 Å². The minimum Gasteiger partial charge on any atom is -0.493 e. The molecule has 9 nitrogen and oxygen atoms in total. The van der Waals surface area contributed by atoms with Crippen LogP contribution in [0, 0.1) is 0 Å². The summed E-state index contributed by atoms with van der Waals surface area (Å²) < 4.78 is 73.0. The molecule has 0 unspecified atom stereocenters. The molecule has 0 spiro atoms. The molecule has 1 saturated heterocycles. The number of methoxy groups -OCH3 is 1.